The summed E-state index contributed by atoms with van der Waals surface area (Å²) in [5, 5.41) is 0. The highest BCUT2D eigenvalue weighted by atomic mass is 79.9. The molecular formula is C18H28BrNO. The lowest BCUT2D eigenvalue weighted by Gasteiger charge is -2.50. The number of hydrogen-bond acceptors (Lipinski definition) is 2. The lowest BCUT2D eigenvalue weighted by atomic mass is 9.57. The van der Waals surface area contributed by atoms with Crippen LogP contribution in [0.15, 0.2) is 22.7 Å². The second-order valence-electron chi connectivity index (χ2n) is 8.36. The summed E-state index contributed by atoms with van der Waals surface area (Å²) in [6, 6.07) is 6.13. The molecule has 0 saturated heterocycles. The van der Waals surface area contributed by atoms with E-state index in [1.807, 2.05) is 6.07 Å². The first-order valence-electron chi connectivity index (χ1n) is 7.66. The van der Waals surface area contributed by atoms with Crippen LogP contribution in [0.5, 0.6) is 5.75 Å². The third-order valence-electron chi connectivity index (χ3n) is 4.41. The molecule has 118 valence electrons. The summed E-state index contributed by atoms with van der Waals surface area (Å²) in [5.74, 6) is 0.895. The average Bonchev–Trinajstić information content (AvgIpc) is 2.26. The Balaban J connectivity index is 2.28. The van der Waals surface area contributed by atoms with Crippen molar-refractivity contribution in [2.75, 3.05) is 7.11 Å². The molecule has 1 saturated carbocycles. The topological polar surface area (TPSA) is 35.2 Å². The van der Waals surface area contributed by atoms with Crippen molar-refractivity contribution in [2.24, 2.45) is 16.6 Å². The van der Waals surface area contributed by atoms with E-state index in [1.54, 1.807) is 7.11 Å². The molecule has 1 aliphatic rings. The minimum absolute atomic E-state index is 0.153. The maximum Gasteiger partial charge on any atom is 0.119 e. The van der Waals surface area contributed by atoms with Gasteiger partial charge in [0.05, 0.1) is 7.11 Å². The molecular weight excluding hydrogens is 326 g/mol. The zero-order valence-electron chi connectivity index (χ0n) is 13.9. The van der Waals surface area contributed by atoms with Gasteiger partial charge in [0.1, 0.15) is 5.75 Å². The van der Waals surface area contributed by atoms with Gasteiger partial charge in [0.25, 0.3) is 0 Å². The molecule has 2 N–H and O–H groups in total. The van der Waals surface area contributed by atoms with Gasteiger partial charge in [0, 0.05) is 10.0 Å². The molecule has 1 aliphatic carbocycles. The molecule has 0 spiro atoms. The fourth-order valence-corrected chi connectivity index (χ4v) is 5.09. The summed E-state index contributed by atoms with van der Waals surface area (Å²) < 4.78 is 6.47. The maximum absolute atomic E-state index is 6.84. The molecule has 0 radical (unpaired) electrons. The SMILES string of the molecule is COc1ccc(Br)c(CC2(N)CC(C)(C)CC(C)(C)C2)c1. The number of methoxy groups -OCH3 is 1. The van der Waals surface area contributed by atoms with E-state index in [9.17, 15) is 0 Å². The van der Waals surface area contributed by atoms with E-state index in [-0.39, 0.29) is 5.54 Å². The van der Waals surface area contributed by atoms with Gasteiger partial charge in [-0.3, -0.25) is 0 Å². The molecule has 0 amide bonds. The molecule has 3 heteroatoms. The number of rotatable bonds is 3. The first-order chi connectivity index (χ1) is 9.54. The lowest BCUT2D eigenvalue weighted by molar-refractivity contribution is 0.0486. The molecule has 2 nitrogen and oxygen atoms in total. The monoisotopic (exact) mass is 353 g/mol. The van der Waals surface area contributed by atoms with Crippen LogP contribution in [0.1, 0.15) is 52.5 Å². The van der Waals surface area contributed by atoms with Crippen molar-refractivity contribution in [1.29, 1.82) is 0 Å². The Morgan fingerprint density at radius 3 is 2.19 bits per heavy atom. The Bertz CT molecular complexity index is 506. The summed E-state index contributed by atoms with van der Waals surface area (Å²) in [6.45, 7) is 9.37. The van der Waals surface area contributed by atoms with Crippen molar-refractivity contribution in [3.63, 3.8) is 0 Å². The molecule has 0 heterocycles. The van der Waals surface area contributed by atoms with E-state index in [0.29, 0.717) is 10.8 Å². The summed E-state index contributed by atoms with van der Waals surface area (Å²) in [6.07, 6.45) is 4.25. The molecule has 0 aromatic heterocycles. The molecule has 0 atom stereocenters. The number of ether oxygens (including phenoxy) is 1. The van der Waals surface area contributed by atoms with Gasteiger partial charge in [-0.2, -0.15) is 0 Å². The fraction of sp³-hybridized carbons (Fsp3) is 0.667. The normalized spacial score (nSPS) is 22.8. The van der Waals surface area contributed by atoms with E-state index in [1.165, 1.54) is 12.0 Å². The summed E-state index contributed by atoms with van der Waals surface area (Å²) in [7, 11) is 1.71. The van der Waals surface area contributed by atoms with Crippen molar-refractivity contribution in [1.82, 2.24) is 0 Å². The van der Waals surface area contributed by atoms with Crippen molar-refractivity contribution in [3.05, 3.63) is 28.2 Å². The van der Waals surface area contributed by atoms with E-state index >= 15 is 0 Å². The largest absolute Gasteiger partial charge is 0.497 e. The average molecular weight is 354 g/mol. The second kappa shape index (κ2) is 5.58. The number of nitrogens with two attached hydrogens (primary N) is 1. The summed E-state index contributed by atoms with van der Waals surface area (Å²) in [5.41, 5.74) is 8.52. The van der Waals surface area contributed by atoms with Gasteiger partial charge >= 0.3 is 0 Å². The van der Waals surface area contributed by atoms with Gasteiger partial charge < -0.3 is 10.5 Å². The molecule has 1 fully saturated rings. The highest BCUT2D eigenvalue weighted by molar-refractivity contribution is 9.10. The smallest absolute Gasteiger partial charge is 0.119 e. The van der Waals surface area contributed by atoms with Gasteiger partial charge in [-0.15, -0.1) is 0 Å². The third kappa shape index (κ3) is 4.23. The van der Waals surface area contributed by atoms with Gasteiger partial charge in [0.2, 0.25) is 0 Å². The van der Waals surface area contributed by atoms with Crippen LogP contribution in [0.3, 0.4) is 0 Å². The van der Waals surface area contributed by atoms with Crippen LogP contribution in [0.4, 0.5) is 0 Å². The van der Waals surface area contributed by atoms with Crippen LogP contribution >= 0.6 is 15.9 Å². The van der Waals surface area contributed by atoms with Gasteiger partial charge in [-0.05, 0) is 60.3 Å². The van der Waals surface area contributed by atoms with Crippen LogP contribution in [-0.2, 0) is 6.42 Å². The lowest BCUT2D eigenvalue weighted by Crippen LogP contribution is -2.53. The molecule has 1 aromatic rings. The Hall–Kier alpha value is -0.540. The van der Waals surface area contributed by atoms with Crippen molar-refractivity contribution in [2.45, 2.75) is 58.9 Å². The van der Waals surface area contributed by atoms with Crippen LogP contribution in [0.2, 0.25) is 0 Å². The van der Waals surface area contributed by atoms with Crippen molar-refractivity contribution < 1.29 is 4.74 Å². The Morgan fingerprint density at radius 1 is 1.10 bits per heavy atom. The minimum atomic E-state index is -0.153. The number of benzene rings is 1. The minimum Gasteiger partial charge on any atom is -0.497 e. The Kier molecular flexibility index (Phi) is 4.47. The molecule has 0 aliphatic heterocycles. The van der Waals surface area contributed by atoms with Gasteiger partial charge in [-0.25, -0.2) is 0 Å². The third-order valence-corrected chi connectivity index (χ3v) is 5.19. The quantitative estimate of drug-likeness (QED) is 0.835. The van der Waals surface area contributed by atoms with Crippen LogP contribution < -0.4 is 10.5 Å². The fourth-order valence-electron chi connectivity index (χ4n) is 4.71. The van der Waals surface area contributed by atoms with Crippen LogP contribution in [0.25, 0.3) is 0 Å². The Morgan fingerprint density at radius 2 is 1.67 bits per heavy atom. The second-order valence-corrected chi connectivity index (χ2v) is 9.21. The van der Waals surface area contributed by atoms with Crippen molar-refractivity contribution in [3.8, 4) is 5.75 Å². The van der Waals surface area contributed by atoms with Crippen LogP contribution in [0, 0.1) is 10.8 Å². The van der Waals surface area contributed by atoms with E-state index < -0.39 is 0 Å². The summed E-state index contributed by atoms with van der Waals surface area (Å²) >= 11 is 3.66. The molecule has 21 heavy (non-hydrogen) atoms. The van der Waals surface area contributed by atoms with Crippen molar-refractivity contribution >= 4 is 15.9 Å². The first-order valence-corrected chi connectivity index (χ1v) is 8.45. The number of halogens is 1. The Labute approximate surface area is 137 Å². The highest BCUT2D eigenvalue weighted by Gasteiger charge is 2.45. The van der Waals surface area contributed by atoms with Gasteiger partial charge in [-0.1, -0.05) is 43.6 Å². The highest BCUT2D eigenvalue weighted by Crippen LogP contribution is 2.50. The molecule has 0 bridgehead atoms. The zero-order valence-corrected chi connectivity index (χ0v) is 15.5. The predicted octanol–water partition coefficient (Wildman–Crippen LogP) is 4.93. The van der Waals surface area contributed by atoms with E-state index in [0.717, 1.165) is 29.5 Å². The molecule has 1 aromatic carbocycles. The zero-order chi connectivity index (χ0) is 15.9. The first kappa shape index (κ1) is 16.8. The standard InChI is InChI=1S/C18H28BrNO/c1-16(2)10-17(3,4)12-18(20,11-16)9-13-8-14(21-5)6-7-15(13)19/h6-8H,9-12,20H2,1-5H3. The molecule has 2 rings (SSSR count). The predicted molar refractivity (Wildman–Crippen MR) is 92.7 cm³/mol. The maximum atomic E-state index is 6.84. The van der Waals surface area contributed by atoms with Crippen LogP contribution in [-0.4, -0.2) is 12.6 Å². The molecule has 0 unspecified atom stereocenters. The summed E-state index contributed by atoms with van der Waals surface area (Å²) in [4.78, 5) is 0. The number of hydrogen-bond donors (Lipinski definition) is 1. The van der Waals surface area contributed by atoms with Gasteiger partial charge in [0.15, 0.2) is 0 Å². The van der Waals surface area contributed by atoms with E-state index in [2.05, 4.69) is 55.8 Å². The van der Waals surface area contributed by atoms with E-state index in [4.69, 9.17) is 10.5 Å².